The zero-order valence-electron chi connectivity index (χ0n) is 10.5. The van der Waals surface area contributed by atoms with E-state index in [0.29, 0.717) is 5.39 Å². The molecular weight excluding hydrogens is 229 g/mol. The van der Waals surface area contributed by atoms with Crippen LogP contribution >= 0.6 is 0 Å². The smallest absolute Gasteiger partial charge is 0.192 e. The van der Waals surface area contributed by atoms with E-state index in [1.807, 2.05) is 6.92 Å². The van der Waals surface area contributed by atoms with Crippen LogP contribution in [0.1, 0.15) is 36.1 Å². The largest absolute Gasteiger partial charge is 0.358 e. The third-order valence-corrected chi connectivity index (χ3v) is 3.81. The zero-order valence-corrected chi connectivity index (χ0v) is 10.5. The Morgan fingerprint density at radius 2 is 1.94 bits per heavy atom. The van der Waals surface area contributed by atoms with E-state index in [-0.39, 0.29) is 11.2 Å². The first kappa shape index (κ1) is 11.5. The van der Waals surface area contributed by atoms with E-state index >= 15 is 0 Å². The van der Waals surface area contributed by atoms with Gasteiger partial charge in [0.2, 0.25) is 0 Å². The van der Waals surface area contributed by atoms with E-state index in [1.54, 1.807) is 0 Å². The Morgan fingerprint density at radius 1 is 1.17 bits per heavy atom. The summed E-state index contributed by atoms with van der Waals surface area (Å²) >= 11 is 0. The Hall–Kier alpha value is -1.64. The molecule has 1 aliphatic rings. The number of nitrogens with one attached hydrogen (secondary N) is 1. The molecule has 1 aromatic carbocycles. The molecule has 3 heteroatoms. The first-order valence-electron chi connectivity index (χ1n) is 6.50. The fourth-order valence-electron chi connectivity index (χ4n) is 2.87. The van der Waals surface area contributed by atoms with Crippen LogP contribution in [0, 0.1) is 12.7 Å². The molecule has 0 spiro atoms. The van der Waals surface area contributed by atoms with E-state index in [0.717, 1.165) is 54.4 Å². The molecule has 0 saturated heterocycles. The third-order valence-electron chi connectivity index (χ3n) is 3.81. The molecule has 0 fully saturated rings. The van der Waals surface area contributed by atoms with Crippen molar-refractivity contribution in [3.8, 4) is 0 Å². The van der Waals surface area contributed by atoms with Gasteiger partial charge in [0.05, 0.1) is 5.52 Å². The van der Waals surface area contributed by atoms with Gasteiger partial charge in [0.15, 0.2) is 5.43 Å². The number of H-pyrrole nitrogens is 1. The molecule has 1 heterocycles. The highest BCUT2D eigenvalue weighted by Gasteiger charge is 2.15. The number of aryl methyl sites for hydroxylation is 2. The van der Waals surface area contributed by atoms with Crippen molar-refractivity contribution in [2.24, 2.45) is 0 Å². The van der Waals surface area contributed by atoms with Gasteiger partial charge < -0.3 is 4.98 Å². The molecular formula is C15H16FNO. The minimum atomic E-state index is -0.334. The van der Waals surface area contributed by atoms with Crippen molar-refractivity contribution >= 4 is 10.9 Å². The lowest BCUT2D eigenvalue weighted by Gasteiger charge is -2.10. The summed E-state index contributed by atoms with van der Waals surface area (Å²) in [5.41, 5.74) is 3.53. The monoisotopic (exact) mass is 245 g/mol. The summed E-state index contributed by atoms with van der Waals surface area (Å²) in [5.74, 6) is -0.334. The van der Waals surface area contributed by atoms with E-state index in [9.17, 15) is 9.18 Å². The lowest BCUT2D eigenvalue weighted by Crippen LogP contribution is -2.14. The normalized spacial score (nSPS) is 15.4. The molecule has 0 unspecified atom stereocenters. The first-order chi connectivity index (χ1) is 8.66. The van der Waals surface area contributed by atoms with Crippen molar-refractivity contribution in [2.45, 2.75) is 39.0 Å². The van der Waals surface area contributed by atoms with Gasteiger partial charge in [0.1, 0.15) is 5.82 Å². The van der Waals surface area contributed by atoms with Crippen LogP contribution in [0.2, 0.25) is 0 Å². The minimum absolute atomic E-state index is 0.0169. The zero-order chi connectivity index (χ0) is 12.7. The average Bonchev–Trinajstić information content (AvgIpc) is 2.56. The quantitative estimate of drug-likeness (QED) is 0.710. The third kappa shape index (κ3) is 1.74. The highest BCUT2D eigenvalue weighted by molar-refractivity contribution is 5.82. The van der Waals surface area contributed by atoms with E-state index < -0.39 is 0 Å². The number of pyridine rings is 1. The summed E-state index contributed by atoms with van der Waals surface area (Å²) in [6.45, 7) is 1.84. The van der Waals surface area contributed by atoms with Crippen LogP contribution in [0.5, 0.6) is 0 Å². The second kappa shape index (κ2) is 4.23. The van der Waals surface area contributed by atoms with Crippen molar-refractivity contribution in [3.05, 3.63) is 45.0 Å². The van der Waals surface area contributed by atoms with Gasteiger partial charge in [-0.3, -0.25) is 4.79 Å². The summed E-state index contributed by atoms with van der Waals surface area (Å²) in [7, 11) is 0. The van der Waals surface area contributed by atoms with Crippen molar-refractivity contribution in [1.29, 1.82) is 0 Å². The number of fused-ring (bicyclic) bond motifs is 2. The summed E-state index contributed by atoms with van der Waals surface area (Å²) < 4.78 is 13.4. The fraction of sp³-hybridized carbons (Fsp3) is 0.400. The topological polar surface area (TPSA) is 32.9 Å². The minimum Gasteiger partial charge on any atom is -0.358 e. The molecule has 2 aromatic rings. The van der Waals surface area contributed by atoms with Crippen LogP contribution in [0.15, 0.2) is 16.9 Å². The van der Waals surface area contributed by atoms with Crippen LogP contribution in [0.25, 0.3) is 10.9 Å². The van der Waals surface area contributed by atoms with Crippen LogP contribution in [-0.4, -0.2) is 4.98 Å². The fourth-order valence-corrected chi connectivity index (χ4v) is 2.87. The van der Waals surface area contributed by atoms with Crippen molar-refractivity contribution in [3.63, 3.8) is 0 Å². The Balaban J connectivity index is 2.38. The molecule has 1 aromatic heterocycles. The lowest BCUT2D eigenvalue weighted by molar-refractivity contribution is 0.628. The number of aromatic amines is 1. The van der Waals surface area contributed by atoms with Crippen LogP contribution in [-0.2, 0) is 12.8 Å². The van der Waals surface area contributed by atoms with Crippen LogP contribution < -0.4 is 5.43 Å². The van der Waals surface area contributed by atoms with Gasteiger partial charge in [-0.1, -0.05) is 6.42 Å². The second-order valence-electron chi connectivity index (χ2n) is 5.12. The molecule has 3 rings (SSSR count). The molecule has 0 amide bonds. The number of hydrogen-bond donors (Lipinski definition) is 1. The van der Waals surface area contributed by atoms with E-state index in [4.69, 9.17) is 0 Å². The summed E-state index contributed by atoms with van der Waals surface area (Å²) in [6.07, 6.45) is 5.07. The molecule has 0 saturated carbocycles. The number of benzene rings is 1. The van der Waals surface area contributed by atoms with Crippen LogP contribution in [0.4, 0.5) is 4.39 Å². The van der Waals surface area contributed by atoms with Crippen molar-refractivity contribution in [1.82, 2.24) is 4.98 Å². The van der Waals surface area contributed by atoms with Crippen molar-refractivity contribution in [2.75, 3.05) is 0 Å². The molecule has 0 aliphatic heterocycles. The van der Waals surface area contributed by atoms with Gasteiger partial charge in [0.25, 0.3) is 0 Å². The van der Waals surface area contributed by atoms with Crippen LogP contribution in [0.3, 0.4) is 0 Å². The van der Waals surface area contributed by atoms with Gasteiger partial charge >= 0.3 is 0 Å². The Morgan fingerprint density at radius 3 is 2.78 bits per heavy atom. The lowest BCUT2D eigenvalue weighted by atomic mass is 10.0. The maximum absolute atomic E-state index is 13.4. The maximum atomic E-state index is 13.4. The summed E-state index contributed by atoms with van der Waals surface area (Å²) in [5, 5.41) is 0.494. The van der Waals surface area contributed by atoms with Gasteiger partial charge in [-0.2, -0.15) is 0 Å². The maximum Gasteiger partial charge on any atom is 0.192 e. The molecule has 94 valence electrons. The molecule has 1 N–H and O–H groups in total. The average molecular weight is 245 g/mol. The SMILES string of the molecule is Cc1cc(F)cc2c(=O)c3c([nH]c12)CCCCC3. The molecule has 0 radical (unpaired) electrons. The van der Waals surface area contributed by atoms with E-state index in [1.165, 1.54) is 12.1 Å². The summed E-state index contributed by atoms with van der Waals surface area (Å²) in [6, 6.07) is 2.83. The highest BCUT2D eigenvalue weighted by Crippen LogP contribution is 2.22. The molecule has 1 aliphatic carbocycles. The Labute approximate surface area is 105 Å². The van der Waals surface area contributed by atoms with Crippen molar-refractivity contribution < 1.29 is 4.39 Å². The Bertz CT molecular complexity index is 672. The first-order valence-corrected chi connectivity index (χ1v) is 6.50. The number of halogens is 1. The summed E-state index contributed by atoms with van der Waals surface area (Å²) in [4.78, 5) is 15.8. The molecule has 18 heavy (non-hydrogen) atoms. The highest BCUT2D eigenvalue weighted by atomic mass is 19.1. The molecule has 0 atom stereocenters. The predicted octanol–water partition coefficient (Wildman–Crippen LogP) is 3.24. The van der Waals surface area contributed by atoms with Gasteiger partial charge in [-0.05, 0) is 50.3 Å². The standard InChI is InChI=1S/C15H16FNO/c1-9-7-10(16)8-12-14(9)17-13-6-4-2-3-5-11(13)15(12)18/h7-8H,2-6H2,1H3,(H,17,18). The van der Waals surface area contributed by atoms with Gasteiger partial charge in [0, 0.05) is 16.6 Å². The van der Waals surface area contributed by atoms with Gasteiger partial charge in [-0.25, -0.2) is 4.39 Å². The number of aromatic nitrogens is 1. The molecule has 0 bridgehead atoms. The second-order valence-corrected chi connectivity index (χ2v) is 5.12. The predicted molar refractivity (Wildman–Crippen MR) is 70.5 cm³/mol. The number of rotatable bonds is 0. The Kier molecular flexibility index (Phi) is 2.69. The number of hydrogen-bond acceptors (Lipinski definition) is 1. The molecule has 2 nitrogen and oxygen atoms in total. The van der Waals surface area contributed by atoms with E-state index in [2.05, 4.69) is 4.98 Å². The van der Waals surface area contributed by atoms with Gasteiger partial charge in [-0.15, -0.1) is 0 Å².